The molecule has 2 aromatic rings. The van der Waals surface area contributed by atoms with Gasteiger partial charge in [0, 0.05) is 16.6 Å². The first-order valence-corrected chi connectivity index (χ1v) is 7.65. The van der Waals surface area contributed by atoms with Gasteiger partial charge in [-0.05, 0) is 37.1 Å². The summed E-state index contributed by atoms with van der Waals surface area (Å²) in [6, 6.07) is 5.91. The smallest absolute Gasteiger partial charge is 0.315 e. The van der Waals surface area contributed by atoms with Gasteiger partial charge >= 0.3 is 6.01 Å². The van der Waals surface area contributed by atoms with Gasteiger partial charge < -0.3 is 15.1 Å². The first-order valence-electron chi connectivity index (χ1n) is 6.90. The molecule has 0 aliphatic rings. The van der Waals surface area contributed by atoms with Crippen LogP contribution in [0.2, 0.25) is 10.0 Å². The summed E-state index contributed by atoms with van der Waals surface area (Å²) >= 11 is 12.0. The fourth-order valence-electron chi connectivity index (χ4n) is 1.80. The molecule has 1 heterocycles. The molecule has 0 unspecified atom stereocenters. The summed E-state index contributed by atoms with van der Waals surface area (Å²) < 4.78 is 5.47. The Hall–Kier alpha value is -1.30. The Bertz CT molecular complexity index is 574. The molecule has 1 aromatic carbocycles. The van der Waals surface area contributed by atoms with Crippen molar-refractivity contribution < 1.29 is 4.42 Å². The van der Waals surface area contributed by atoms with Gasteiger partial charge in [0.15, 0.2) is 0 Å². The van der Waals surface area contributed by atoms with Crippen LogP contribution < -0.4 is 10.6 Å². The predicted octanol–water partition coefficient (Wildman–Crippen LogP) is 3.53. The van der Waals surface area contributed by atoms with Gasteiger partial charge in [0.1, 0.15) is 0 Å². The van der Waals surface area contributed by atoms with Gasteiger partial charge in [-0.25, -0.2) is 0 Å². The minimum atomic E-state index is 0.424. The van der Waals surface area contributed by atoms with E-state index < -0.39 is 0 Å². The minimum absolute atomic E-state index is 0.424. The third-order valence-corrected chi connectivity index (χ3v) is 3.44. The van der Waals surface area contributed by atoms with E-state index in [4.69, 9.17) is 27.6 Å². The monoisotopic (exact) mass is 328 g/mol. The molecule has 0 amide bonds. The van der Waals surface area contributed by atoms with Crippen molar-refractivity contribution in [1.82, 2.24) is 15.5 Å². The standard InChI is InChI=1S/C14H18Cl2N4O/c1-2-6-17-9-13-19-20-14(21-13)18-7-5-10-3-4-11(15)8-12(10)16/h3-4,8,17H,2,5-7,9H2,1H3,(H,18,20). The van der Waals surface area contributed by atoms with Gasteiger partial charge in [0.25, 0.3) is 0 Å². The van der Waals surface area contributed by atoms with Crippen molar-refractivity contribution >= 4 is 29.2 Å². The van der Waals surface area contributed by atoms with Crippen molar-refractivity contribution in [2.75, 3.05) is 18.4 Å². The highest BCUT2D eigenvalue weighted by molar-refractivity contribution is 6.35. The SMILES string of the molecule is CCCNCc1nnc(NCCc2ccc(Cl)cc2Cl)o1. The van der Waals surface area contributed by atoms with Crippen LogP contribution in [-0.4, -0.2) is 23.3 Å². The molecular formula is C14H18Cl2N4O. The summed E-state index contributed by atoms with van der Waals surface area (Å²) in [5.74, 6) is 0.579. The van der Waals surface area contributed by atoms with E-state index in [2.05, 4.69) is 27.8 Å². The maximum Gasteiger partial charge on any atom is 0.315 e. The van der Waals surface area contributed by atoms with Gasteiger partial charge in [-0.15, -0.1) is 5.10 Å². The molecule has 0 bridgehead atoms. The quantitative estimate of drug-likeness (QED) is 0.726. The van der Waals surface area contributed by atoms with Crippen molar-refractivity contribution in [2.24, 2.45) is 0 Å². The summed E-state index contributed by atoms with van der Waals surface area (Å²) in [7, 11) is 0. The molecule has 2 rings (SSSR count). The van der Waals surface area contributed by atoms with Gasteiger partial charge in [0.05, 0.1) is 6.54 Å². The van der Waals surface area contributed by atoms with Crippen LogP contribution in [-0.2, 0) is 13.0 Å². The average Bonchev–Trinajstić information content (AvgIpc) is 2.89. The van der Waals surface area contributed by atoms with E-state index in [0.717, 1.165) is 24.9 Å². The first kappa shape index (κ1) is 16.1. The molecule has 0 atom stereocenters. The second kappa shape index (κ2) is 8.22. The molecule has 2 N–H and O–H groups in total. The van der Waals surface area contributed by atoms with Crippen LogP contribution >= 0.6 is 23.2 Å². The number of halogens is 2. The number of rotatable bonds is 8. The lowest BCUT2D eigenvalue weighted by Gasteiger charge is -2.04. The van der Waals surface area contributed by atoms with Crippen molar-refractivity contribution in [2.45, 2.75) is 26.3 Å². The zero-order valence-corrected chi connectivity index (χ0v) is 13.3. The van der Waals surface area contributed by atoms with Crippen LogP contribution in [0.3, 0.4) is 0 Å². The molecule has 114 valence electrons. The third-order valence-electron chi connectivity index (χ3n) is 2.86. The number of aromatic nitrogens is 2. The Balaban J connectivity index is 1.78. The summed E-state index contributed by atoms with van der Waals surface area (Å²) in [5, 5.41) is 15.5. The molecular weight excluding hydrogens is 311 g/mol. The Morgan fingerprint density at radius 2 is 2.05 bits per heavy atom. The van der Waals surface area contributed by atoms with Crippen LogP contribution in [0.15, 0.2) is 22.6 Å². The molecule has 0 fully saturated rings. The van der Waals surface area contributed by atoms with E-state index in [0.29, 0.717) is 35.0 Å². The Kier molecular flexibility index (Phi) is 6.29. The fraction of sp³-hybridized carbons (Fsp3) is 0.429. The van der Waals surface area contributed by atoms with Crippen molar-refractivity contribution in [3.63, 3.8) is 0 Å². The summed E-state index contributed by atoms with van der Waals surface area (Å²) in [4.78, 5) is 0. The molecule has 21 heavy (non-hydrogen) atoms. The van der Waals surface area contributed by atoms with Gasteiger partial charge in [-0.3, -0.25) is 0 Å². The lowest BCUT2D eigenvalue weighted by molar-refractivity contribution is 0.477. The van der Waals surface area contributed by atoms with E-state index in [1.807, 2.05) is 12.1 Å². The topological polar surface area (TPSA) is 63.0 Å². The molecule has 0 aliphatic carbocycles. The highest BCUT2D eigenvalue weighted by Crippen LogP contribution is 2.21. The van der Waals surface area contributed by atoms with Crippen LogP contribution in [0, 0.1) is 0 Å². The molecule has 5 nitrogen and oxygen atoms in total. The summed E-state index contributed by atoms with van der Waals surface area (Å²) in [6.07, 6.45) is 1.82. The predicted molar refractivity (Wildman–Crippen MR) is 85.0 cm³/mol. The van der Waals surface area contributed by atoms with Crippen molar-refractivity contribution in [3.05, 3.63) is 39.7 Å². The van der Waals surface area contributed by atoms with Gasteiger partial charge in [-0.2, -0.15) is 0 Å². The number of nitrogens with zero attached hydrogens (tertiary/aromatic N) is 2. The first-order chi connectivity index (χ1) is 10.2. The summed E-state index contributed by atoms with van der Waals surface area (Å²) in [5.41, 5.74) is 1.03. The zero-order valence-electron chi connectivity index (χ0n) is 11.8. The molecule has 0 spiro atoms. The minimum Gasteiger partial charge on any atom is -0.407 e. The van der Waals surface area contributed by atoms with Gasteiger partial charge in [-0.1, -0.05) is 41.3 Å². The Morgan fingerprint density at radius 3 is 2.81 bits per heavy atom. The van der Waals surface area contributed by atoms with E-state index >= 15 is 0 Å². The Morgan fingerprint density at radius 1 is 1.19 bits per heavy atom. The molecule has 7 heteroatoms. The van der Waals surface area contributed by atoms with Crippen molar-refractivity contribution in [1.29, 1.82) is 0 Å². The van der Waals surface area contributed by atoms with E-state index in [-0.39, 0.29) is 0 Å². The van der Waals surface area contributed by atoms with E-state index in [9.17, 15) is 0 Å². The maximum atomic E-state index is 6.11. The normalized spacial score (nSPS) is 10.8. The fourth-order valence-corrected chi connectivity index (χ4v) is 2.30. The van der Waals surface area contributed by atoms with Crippen LogP contribution in [0.5, 0.6) is 0 Å². The van der Waals surface area contributed by atoms with Crippen LogP contribution in [0.1, 0.15) is 24.8 Å². The molecule has 0 radical (unpaired) electrons. The zero-order chi connectivity index (χ0) is 15.1. The highest BCUT2D eigenvalue weighted by Gasteiger charge is 2.06. The number of anilines is 1. The van der Waals surface area contributed by atoms with Crippen molar-refractivity contribution in [3.8, 4) is 0 Å². The lowest BCUT2D eigenvalue weighted by Crippen LogP contribution is -2.13. The number of hydrogen-bond acceptors (Lipinski definition) is 5. The maximum absolute atomic E-state index is 6.11. The summed E-state index contributed by atoms with van der Waals surface area (Å²) in [6.45, 7) is 4.28. The second-order valence-corrected chi connectivity index (χ2v) is 5.43. The van der Waals surface area contributed by atoms with Gasteiger partial charge in [0.2, 0.25) is 5.89 Å². The molecule has 0 saturated heterocycles. The third kappa shape index (κ3) is 5.19. The van der Waals surface area contributed by atoms with Crippen LogP contribution in [0.4, 0.5) is 6.01 Å². The van der Waals surface area contributed by atoms with E-state index in [1.165, 1.54) is 0 Å². The number of hydrogen-bond donors (Lipinski definition) is 2. The number of benzene rings is 1. The molecule has 0 saturated carbocycles. The molecule has 0 aliphatic heterocycles. The largest absolute Gasteiger partial charge is 0.407 e. The lowest BCUT2D eigenvalue weighted by atomic mass is 10.1. The molecule has 1 aromatic heterocycles. The van der Waals surface area contributed by atoms with Crippen LogP contribution in [0.25, 0.3) is 0 Å². The highest BCUT2D eigenvalue weighted by atomic mass is 35.5. The number of nitrogens with one attached hydrogen (secondary N) is 2. The second-order valence-electron chi connectivity index (χ2n) is 4.59. The van der Waals surface area contributed by atoms with E-state index in [1.54, 1.807) is 6.07 Å². The Labute approximate surface area is 134 Å². The average molecular weight is 329 g/mol.